The monoisotopic (exact) mass is 387 g/mol. The Labute approximate surface area is 160 Å². The molecule has 0 aromatic heterocycles. The first kappa shape index (κ1) is 19.2. The summed E-state index contributed by atoms with van der Waals surface area (Å²) in [4.78, 5) is 27.8. The van der Waals surface area contributed by atoms with Gasteiger partial charge in [0.05, 0.1) is 4.92 Å². The predicted octanol–water partition coefficient (Wildman–Crippen LogP) is 2.29. The number of carbonyl (C=O) groups excluding carboxylic acids is 1. The van der Waals surface area contributed by atoms with Gasteiger partial charge in [-0.2, -0.15) is 0 Å². The minimum absolute atomic E-state index is 0.0292. The molecule has 0 saturated carbocycles. The van der Waals surface area contributed by atoms with Crippen molar-refractivity contribution in [2.75, 3.05) is 32.4 Å². The molecule has 0 bridgehead atoms. The second kappa shape index (κ2) is 8.41. The van der Waals surface area contributed by atoms with Gasteiger partial charge in [0.2, 0.25) is 0 Å². The molecule has 2 aromatic carbocycles. The second-order valence-electron chi connectivity index (χ2n) is 6.47. The van der Waals surface area contributed by atoms with Crippen LogP contribution in [0.1, 0.15) is 15.9 Å². The molecule has 1 atom stereocenters. The standard InChI is InChI=1S/C19H21N3O4S/c1-27(26)18-7-5-16(6-8-18)19(23)21-11-9-20(10-12-21)14-15-3-2-4-17(13-15)22(24)25/h2-8,13H,9-12,14H2,1H3. The van der Waals surface area contributed by atoms with Gasteiger partial charge >= 0.3 is 0 Å². The molecule has 0 spiro atoms. The lowest BCUT2D eigenvalue weighted by Crippen LogP contribution is -2.48. The molecule has 1 heterocycles. The smallest absolute Gasteiger partial charge is 0.269 e. The lowest BCUT2D eigenvalue weighted by Gasteiger charge is -2.34. The predicted molar refractivity (Wildman–Crippen MR) is 103 cm³/mol. The zero-order chi connectivity index (χ0) is 19.4. The van der Waals surface area contributed by atoms with Gasteiger partial charge in [-0.25, -0.2) is 0 Å². The van der Waals surface area contributed by atoms with Crippen molar-refractivity contribution in [2.45, 2.75) is 11.4 Å². The lowest BCUT2D eigenvalue weighted by atomic mass is 10.1. The van der Waals surface area contributed by atoms with Crippen molar-refractivity contribution in [3.8, 4) is 0 Å². The van der Waals surface area contributed by atoms with Gasteiger partial charge in [-0.1, -0.05) is 12.1 Å². The average molecular weight is 387 g/mol. The van der Waals surface area contributed by atoms with E-state index in [1.54, 1.807) is 42.7 Å². The number of nitro benzene ring substituents is 1. The summed E-state index contributed by atoms with van der Waals surface area (Å²) >= 11 is 0. The zero-order valence-electron chi connectivity index (χ0n) is 15.0. The van der Waals surface area contributed by atoms with Crippen LogP contribution in [-0.2, 0) is 17.3 Å². The summed E-state index contributed by atoms with van der Waals surface area (Å²) in [5, 5.41) is 10.9. The van der Waals surface area contributed by atoms with Crippen molar-refractivity contribution in [2.24, 2.45) is 0 Å². The largest absolute Gasteiger partial charge is 0.336 e. The summed E-state index contributed by atoms with van der Waals surface area (Å²) in [6, 6.07) is 13.5. The first-order chi connectivity index (χ1) is 12.9. The van der Waals surface area contributed by atoms with E-state index in [0.29, 0.717) is 43.2 Å². The Kier molecular flexibility index (Phi) is 5.98. The summed E-state index contributed by atoms with van der Waals surface area (Å²) < 4.78 is 11.4. The highest BCUT2D eigenvalue weighted by atomic mass is 32.2. The number of benzene rings is 2. The molecule has 1 aliphatic heterocycles. The highest BCUT2D eigenvalue weighted by molar-refractivity contribution is 7.84. The van der Waals surface area contributed by atoms with Gasteiger partial charge in [0.25, 0.3) is 11.6 Å². The Hall–Kier alpha value is -2.58. The Morgan fingerprint density at radius 3 is 2.37 bits per heavy atom. The van der Waals surface area contributed by atoms with Gasteiger partial charge in [-0.05, 0) is 29.8 Å². The Morgan fingerprint density at radius 1 is 1.11 bits per heavy atom. The molecule has 1 unspecified atom stereocenters. The fourth-order valence-corrected chi connectivity index (χ4v) is 3.63. The number of rotatable bonds is 5. The topological polar surface area (TPSA) is 83.8 Å². The minimum atomic E-state index is -1.06. The van der Waals surface area contributed by atoms with Crippen molar-refractivity contribution in [1.29, 1.82) is 0 Å². The van der Waals surface area contributed by atoms with Crippen LogP contribution in [0.15, 0.2) is 53.4 Å². The van der Waals surface area contributed by atoms with Crippen molar-refractivity contribution in [3.63, 3.8) is 0 Å². The van der Waals surface area contributed by atoms with E-state index in [9.17, 15) is 19.1 Å². The van der Waals surface area contributed by atoms with Gasteiger partial charge in [0.1, 0.15) is 0 Å². The van der Waals surface area contributed by atoms with E-state index >= 15 is 0 Å². The van der Waals surface area contributed by atoms with Crippen molar-refractivity contribution in [3.05, 3.63) is 69.8 Å². The SMILES string of the molecule is CS(=O)c1ccc(C(=O)N2CCN(Cc3cccc([N+](=O)[O-])c3)CC2)cc1. The van der Waals surface area contributed by atoms with Crippen LogP contribution in [0.5, 0.6) is 0 Å². The molecule has 1 aliphatic rings. The first-order valence-corrected chi connectivity index (χ1v) is 10.2. The van der Waals surface area contributed by atoms with Crippen molar-refractivity contribution >= 4 is 22.4 Å². The molecule has 1 amide bonds. The van der Waals surface area contributed by atoms with Crippen molar-refractivity contribution < 1.29 is 13.9 Å². The fraction of sp³-hybridized carbons (Fsp3) is 0.316. The van der Waals surface area contributed by atoms with E-state index in [1.165, 1.54) is 6.07 Å². The quantitative estimate of drug-likeness (QED) is 0.581. The molecule has 2 aromatic rings. The molecule has 1 saturated heterocycles. The number of nitrogens with zero attached hydrogens (tertiary/aromatic N) is 3. The molecule has 7 nitrogen and oxygen atoms in total. The third-order valence-corrected chi connectivity index (χ3v) is 5.56. The third-order valence-electron chi connectivity index (χ3n) is 4.62. The zero-order valence-corrected chi connectivity index (χ0v) is 15.9. The maximum atomic E-state index is 12.6. The van der Waals surface area contributed by atoms with E-state index in [1.807, 2.05) is 11.0 Å². The van der Waals surface area contributed by atoms with Crippen LogP contribution < -0.4 is 0 Å². The summed E-state index contributed by atoms with van der Waals surface area (Å²) in [6.07, 6.45) is 1.61. The molecule has 142 valence electrons. The van der Waals surface area contributed by atoms with Crippen LogP contribution in [0.3, 0.4) is 0 Å². The maximum Gasteiger partial charge on any atom is 0.269 e. The van der Waals surface area contributed by atoms with E-state index in [2.05, 4.69) is 4.90 Å². The van der Waals surface area contributed by atoms with Gasteiger partial charge < -0.3 is 4.90 Å². The molecule has 0 radical (unpaired) electrons. The van der Waals surface area contributed by atoms with Crippen LogP contribution in [0, 0.1) is 10.1 Å². The van der Waals surface area contributed by atoms with E-state index < -0.39 is 10.8 Å². The van der Waals surface area contributed by atoms with Crippen LogP contribution in [-0.4, -0.2) is 57.3 Å². The minimum Gasteiger partial charge on any atom is -0.336 e. The highest BCUT2D eigenvalue weighted by Crippen LogP contribution is 2.17. The molecular formula is C19H21N3O4S. The van der Waals surface area contributed by atoms with Crippen LogP contribution >= 0.6 is 0 Å². The number of carbonyl (C=O) groups is 1. The Morgan fingerprint density at radius 2 is 1.78 bits per heavy atom. The molecule has 1 fully saturated rings. The summed E-state index contributed by atoms with van der Waals surface area (Å²) in [7, 11) is -1.06. The fourth-order valence-electron chi connectivity index (χ4n) is 3.11. The summed E-state index contributed by atoms with van der Waals surface area (Å²) in [6.45, 7) is 3.27. The van der Waals surface area contributed by atoms with Crippen LogP contribution in [0.4, 0.5) is 5.69 Å². The van der Waals surface area contributed by atoms with Gasteiger partial charge in [-0.15, -0.1) is 0 Å². The lowest BCUT2D eigenvalue weighted by molar-refractivity contribution is -0.384. The first-order valence-electron chi connectivity index (χ1n) is 8.62. The normalized spacial score (nSPS) is 16.1. The number of piperazine rings is 1. The van der Waals surface area contributed by atoms with E-state index in [-0.39, 0.29) is 16.5 Å². The molecule has 27 heavy (non-hydrogen) atoms. The Bertz CT molecular complexity index is 862. The molecular weight excluding hydrogens is 366 g/mol. The van der Waals surface area contributed by atoms with Gasteiger partial charge in [0, 0.05) is 72.4 Å². The maximum absolute atomic E-state index is 12.6. The van der Waals surface area contributed by atoms with Crippen LogP contribution in [0.25, 0.3) is 0 Å². The van der Waals surface area contributed by atoms with E-state index in [0.717, 1.165) is 5.56 Å². The van der Waals surface area contributed by atoms with Gasteiger partial charge in [-0.3, -0.25) is 24.0 Å². The second-order valence-corrected chi connectivity index (χ2v) is 7.85. The number of nitro groups is 1. The molecule has 0 N–H and O–H groups in total. The highest BCUT2D eigenvalue weighted by Gasteiger charge is 2.22. The molecule has 8 heteroatoms. The van der Waals surface area contributed by atoms with Gasteiger partial charge in [0.15, 0.2) is 0 Å². The van der Waals surface area contributed by atoms with Crippen LogP contribution in [0.2, 0.25) is 0 Å². The number of hydrogen-bond donors (Lipinski definition) is 0. The average Bonchev–Trinajstić information content (AvgIpc) is 2.68. The van der Waals surface area contributed by atoms with Crippen molar-refractivity contribution in [1.82, 2.24) is 9.80 Å². The summed E-state index contributed by atoms with van der Waals surface area (Å²) in [5.74, 6) is -0.0292. The molecule has 0 aliphatic carbocycles. The number of hydrogen-bond acceptors (Lipinski definition) is 5. The Balaban J connectivity index is 1.56. The number of amides is 1. The third kappa shape index (κ3) is 4.78. The summed E-state index contributed by atoms with van der Waals surface area (Å²) in [5.41, 5.74) is 1.58. The van der Waals surface area contributed by atoms with E-state index in [4.69, 9.17) is 0 Å². The molecule has 3 rings (SSSR count). The number of non-ortho nitro benzene ring substituents is 1.